The second-order valence-electron chi connectivity index (χ2n) is 4.97. The van der Waals surface area contributed by atoms with E-state index in [1.807, 2.05) is 36.9 Å². The fraction of sp³-hybridized carbons (Fsp3) is 0.400. The van der Waals surface area contributed by atoms with Crippen molar-refractivity contribution in [2.24, 2.45) is 7.05 Å². The molecule has 0 atom stereocenters. The Labute approximate surface area is 125 Å². The van der Waals surface area contributed by atoms with Crippen LogP contribution in [0.5, 0.6) is 0 Å². The zero-order chi connectivity index (χ0) is 14.7. The minimum absolute atomic E-state index is 0.756. The molecule has 2 N–H and O–H groups in total. The summed E-state index contributed by atoms with van der Waals surface area (Å²) >= 11 is 6.31. The van der Waals surface area contributed by atoms with Crippen LogP contribution in [0.15, 0.2) is 24.3 Å². The van der Waals surface area contributed by atoms with Crippen molar-refractivity contribution < 1.29 is 0 Å². The quantitative estimate of drug-likeness (QED) is 0.862. The van der Waals surface area contributed by atoms with Gasteiger partial charge in [-0.25, -0.2) is 0 Å². The van der Waals surface area contributed by atoms with Crippen molar-refractivity contribution in [2.75, 3.05) is 12.3 Å². The summed E-state index contributed by atoms with van der Waals surface area (Å²) < 4.78 is 1.86. The summed E-state index contributed by atoms with van der Waals surface area (Å²) in [5, 5.41) is 5.11. The zero-order valence-electron chi connectivity index (χ0n) is 12.2. The molecule has 1 aromatic carbocycles. The molecule has 2 aromatic rings. The largest absolute Gasteiger partial charge is 0.398 e. The van der Waals surface area contributed by atoms with Gasteiger partial charge in [0.05, 0.1) is 16.4 Å². The van der Waals surface area contributed by atoms with Crippen LogP contribution in [-0.2, 0) is 20.1 Å². The van der Waals surface area contributed by atoms with Crippen molar-refractivity contribution in [1.82, 2.24) is 14.7 Å². The van der Waals surface area contributed by atoms with Gasteiger partial charge in [-0.2, -0.15) is 5.10 Å². The lowest BCUT2D eigenvalue weighted by molar-refractivity contribution is 0.264. The van der Waals surface area contributed by atoms with E-state index < -0.39 is 0 Å². The molecular weight excluding hydrogens is 272 g/mol. The summed E-state index contributed by atoms with van der Waals surface area (Å²) in [5.74, 6) is 0. The van der Waals surface area contributed by atoms with Crippen molar-refractivity contribution in [3.05, 3.63) is 46.2 Å². The van der Waals surface area contributed by atoms with E-state index in [1.54, 1.807) is 0 Å². The van der Waals surface area contributed by atoms with Crippen LogP contribution in [0.3, 0.4) is 0 Å². The van der Waals surface area contributed by atoms with Gasteiger partial charge >= 0.3 is 0 Å². The normalized spacial score (nSPS) is 11.2. The molecule has 0 saturated carbocycles. The third-order valence-corrected chi connectivity index (χ3v) is 4.02. The SMILES string of the molecule is CCN(Cc1ccccc1N)Cc1c(Cl)c(C)nn1C. The first kappa shape index (κ1) is 14.9. The van der Waals surface area contributed by atoms with Crippen molar-refractivity contribution in [1.29, 1.82) is 0 Å². The molecule has 0 aliphatic carbocycles. The van der Waals surface area contributed by atoms with E-state index in [-0.39, 0.29) is 0 Å². The molecule has 20 heavy (non-hydrogen) atoms. The summed E-state index contributed by atoms with van der Waals surface area (Å²) in [7, 11) is 1.93. The van der Waals surface area contributed by atoms with Crippen molar-refractivity contribution >= 4 is 17.3 Å². The van der Waals surface area contributed by atoms with E-state index in [9.17, 15) is 0 Å². The molecule has 4 nitrogen and oxygen atoms in total. The predicted molar refractivity (Wildman–Crippen MR) is 83.6 cm³/mol. The monoisotopic (exact) mass is 292 g/mol. The number of hydrogen-bond acceptors (Lipinski definition) is 3. The molecule has 0 radical (unpaired) electrons. The Morgan fingerprint density at radius 2 is 2.00 bits per heavy atom. The Hall–Kier alpha value is -1.52. The maximum atomic E-state index is 6.31. The molecule has 1 aromatic heterocycles. The van der Waals surface area contributed by atoms with Crippen molar-refractivity contribution in [3.63, 3.8) is 0 Å². The number of anilines is 1. The Balaban J connectivity index is 2.15. The number of aromatic nitrogens is 2. The van der Waals surface area contributed by atoms with Crippen LogP contribution >= 0.6 is 11.6 Å². The first-order valence-corrected chi connectivity index (χ1v) is 7.14. The third-order valence-electron chi connectivity index (χ3n) is 3.53. The maximum absolute atomic E-state index is 6.31. The van der Waals surface area contributed by atoms with Crippen LogP contribution < -0.4 is 5.73 Å². The van der Waals surface area contributed by atoms with E-state index in [0.717, 1.165) is 47.3 Å². The number of nitrogens with two attached hydrogens (primary N) is 1. The van der Waals surface area contributed by atoms with Gasteiger partial charge in [0.15, 0.2) is 0 Å². The van der Waals surface area contributed by atoms with Gasteiger partial charge in [-0.3, -0.25) is 9.58 Å². The fourth-order valence-electron chi connectivity index (χ4n) is 2.26. The number of hydrogen-bond donors (Lipinski definition) is 1. The number of benzene rings is 1. The Kier molecular flexibility index (Phi) is 4.68. The highest BCUT2D eigenvalue weighted by Gasteiger charge is 2.15. The highest BCUT2D eigenvalue weighted by atomic mass is 35.5. The lowest BCUT2D eigenvalue weighted by Gasteiger charge is -2.21. The first-order valence-electron chi connectivity index (χ1n) is 6.76. The minimum Gasteiger partial charge on any atom is -0.398 e. The summed E-state index contributed by atoms with van der Waals surface area (Å²) in [6.45, 7) is 6.56. The first-order chi connectivity index (χ1) is 9.52. The molecule has 2 rings (SSSR count). The molecule has 108 valence electrons. The number of para-hydroxylation sites is 1. The van der Waals surface area contributed by atoms with Crippen LogP contribution in [0.4, 0.5) is 5.69 Å². The standard InChI is InChI=1S/C15H21ClN4/c1-4-20(9-12-7-5-6-8-13(12)17)10-14-15(16)11(2)18-19(14)3/h5-8H,4,9-10,17H2,1-3H3. The summed E-state index contributed by atoms with van der Waals surface area (Å²) in [6, 6.07) is 7.97. The lowest BCUT2D eigenvalue weighted by atomic mass is 10.1. The number of aryl methyl sites for hydroxylation is 2. The number of rotatable bonds is 5. The summed E-state index contributed by atoms with van der Waals surface area (Å²) in [5.41, 5.74) is 9.90. The van der Waals surface area contributed by atoms with E-state index >= 15 is 0 Å². The van der Waals surface area contributed by atoms with E-state index in [2.05, 4.69) is 23.0 Å². The molecule has 0 aliphatic rings. The number of nitrogen functional groups attached to an aromatic ring is 1. The third kappa shape index (κ3) is 3.14. The molecule has 0 saturated heterocycles. The van der Waals surface area contributed by atoms with Crippen molar-refractivity contribution in [3.8, 4) is 0 Å². The Morgan fingerprint density at radius 3 is 2.55 bits per heavy atom. The number of nitrogens with zero attached hydrogens (tertiary/aromatic N) is 3. The van der Waals surface area contributed by atoms with Crippen LogP contribution in [0.1, 0.15) is 23.9 Å². The van der Waals surface area contributed by atoms with Gasteiger partial charge in [-0.1, -0.05) is 36.7 Å². The van der Waals surface area contributed by atoms with Crippen LogP contribution in [-0.4, -0.2) is 21.2 Å². The van der Waals surface area contributed by atoms with Gasteiger partial charge in [-0.15, -0.1) is 0 Å². The Morgan fingerprint density at radius 1 is 1.30 bits per heavy atom. The minimum atomic E-state index is 0.756. The summed E-state index contributed by atoms with van der Waals surface area (Å²) in [4.78, 5) is 2.30. The van der Waals surface area contributed by atoms with Crippen molar-refractivity contribution in [2.45, 2.75) is 26.9 Å². The summed E-state index contributed by atoms with van der Waals surface area (Å²) in [6.07, 6.45) is 0. The fourth-order valence-corrected chi connectivity index (χ4v) is 2.48. The smallest absolute Gasteiger partial charge is 0.0860 e. The predicted octanol–water partition coefficient (Wildman–Crippen LogP) is 2.99. The molecule has 0 spiro atoms. The topological polar surface area (TPSA) is 47.1 Å². The van der Waals surface area contributed by atoms with Crippen LogP contribution in [0.25, 0.3) is 0 Å². The van der Waals surface area contributed by atoms with Gasteiger partial charge < -0.3 is 5.73 Å². The molecule has 0 bridgehead atoms. The van der Waals surface area contributed by atoms with Crippen LogP contribution in [0.2, 0.25) is 5.02 Å². The highest BCUT2D eigenvalue weighted by molar-refractivity contribution is 6.31. The molecule has 0 aliphatic heterocycles. The van der Waals surface area contributed by atoms with Crippen LogP contribution in [0, 0.1) is 6.92 Å². The molecule has 0 unspecified atom stereocenters. The number of halogens is 1. The second-order valence-corrected chi connectivity index (χ2v) is 5.35. The van der Waals surface area contributed by atoms with Gasteiger partial charge in [0.2, 0.25) is 0 Å². The average Bonchev–Trinajstić information content (AvgIpc) is 2.66. The van der Waals surface area contributed by atoms with Gasteiger partial charge in [0.1, 0.15) is 0 Å². The van der Waals surface area contributed by atoms with E-state index in [1.165, 1.54) is 0 Å². The van der Waals surface area contributed by atoms with Gasteiger partial charge in [-0.05, 0) is 25.1 Å². The zero-order valence-corrected chi connectivity index (χ0v) is 13.0. The van der Waals surface area contributed by atoms with Gasteiger partial charge in [0.25, 0.3) is 0 Å². The maximum Gasteiger partial charge on any atom is 0.0860 e. The average molecular weight is 293 g/mol. The molecular formula is C15H21ClN4. The molecule has 1 heterocycles. The molecule has 5 heteroatoms. The second kappa shape index (κ2) is 6.29. The lowest BCUT2D eigenvalue weighted by Crippen LogP contribution is -2.24. The van der Waals surface area contributed by atoms with E-state index in [0.29, 0.717) is 0 Å². The van der Waals surface area contributed by atoms with Gasteiger partial charge in [0, 0.05) is 25.8 Å². The molecule has 0 amide bonds. The molecule has 0 fully saturated rings. The van der Waals surface area contributed by atoms with E-state index in [4.69, 9.17) is 17.3 Å². The highest BCUT2D eigenvalue weighted by Crippen LogP contribution is 2.22. The Bertz CT molecular complexity index is 592.